The smallest absolute Gasteiger partial charge is 0.147 e. The number of alkyl halides is 1. The predicted octanol–water partition coefficient (Wildman–Crippen LogP) is 2.01. The van der Waals surface area contributed by atoms with Crippen molar-refractivity contribution in [2.75, 3.05) is 13.2 Å². The molecule has 0 spiro atoms. The maximum atomic E-state index is 5.79. The molecule has 1 rings (SSSR count). The van der Waals surface area contributed by atoms with Gasteiger partial charge in [-0.05, 0) is 13.3 Å². The van der Waals surface area contributed by atoms with Crippen molar-refractivity contribution in [2.45, 2.75) is 39.1 Å². The zero-order chi connectivity index (χ0) is 11.1. The van der Waals surface area contributed by atoms with Crippen LogP contribution in [0, 0.1) is 0 Å². The zero-order valence-corrected chi connectivity index (χ0v) is 10.1. The van der Waals surface area contributed by atoms with E-state index in [1.54, 1.807) is 0 Å². The number of aromatic nitrogens is 3. The van der Waals surface area contributed by atoms with Crippen molar-refractivity contribution >= 4 is 11.6 Å². The average molecular weight is 232 g/mol. The average Bonchev–Trinajstić information content (AvgIpc) is 2.62. The molecule has 0 atom stereocenters. The van der Waals surface area contributed by atoms with Crippen LogP contribution in [-0.2, 0) is 23.6 Å². The van der Waals surface area contributed by atoms with E-state index in [9.17, 15) is 0 Å². The minimum Gasteiger partial charge on any atom is -0.381 e. The van der Waals surface area contributed by atoms with Crippen LogP contribution in [0.5, 0.6) is 0 Å². The summed E-state index contributed by atoms with van der Waals surface area (Å²) in [5, 5.41) is 8.18. The number of ether oxygens (including phenoxy) is 1. The molecule has 0 aliphatic carbocycles. The van der Waals surface area contributed by atoms with E-state index in [2.05, 4.69) is 21.7 Å². The molecular weight excluding hydrogens is 214 g/mol. The Morgan fingerprint density at radius 1 is 1.27 bits per heavy atom. The van der Waals surface area contributed by atoms with Gasteiger partial charge in [-0.3, -0.25) is 0 Å². The van der Waals surface area contributed by atoms with Gasteiger partial charge in [0.2, 0.25) is 0 Å². The number of hydrogen-bond donors (Lipinski definition) is 0. The van der Waals surface area contributed by atoms with Crippen molar-refractivity contribution in [3.8, 4) is 0 Å². The highest BCUT2D eigenvalue weighted by molar-refractivity contribution is 6.16. The van der Waals surface area contributed by atoms with Crippen molar-refractivity contribution in [3.05, 3.63) is 11.6 Å². The lowest BCUT2D eigenvalue weighted by Crippen LogP contribution is -2.09. The van der Waals surface area contributed by atoms with Gasteiger partial charge in [0, 0.05) is 19.6 Å². The molecular formula is C10H18ClN3O. The fraction of sp³-hybridized carbons (Fsp3) is 0.800. The standard InChI is InChI=1S/C10H18ClN3O/c1-3-6-14-9(5-7-15-4-2)12-13-10(14)8-11/h3-8H2,1-2H3. The van der Waals surface area contributed by atoms with Gasteiger partial charge in [0.25, 0.3) is 0 Å². The fourth-order valence-corrected chi connectivity index (χ4v) is 1.64. The topological polar surface area (TPSA) is 39.9 Å². The predicted molar refractivity (Wildman–Crippen MR) is 60.1 cm³/mol. The first kappa shape index (κ1) is 12.5. The Morgan fingerprint density at radius 2 is 2.00 bits per heavy atom. The Labute approximate surface area is 95.6 Å². The molecule has 1 aromatic heterocycles. The van der Waals surface area contributed by atoms with Crippen molar-refractivity contribution < 1.29 is 4.74 Å². The van der Waals surface area contributed by atoms with Gasteiger partial charge in [-0.1, -0.05) is 6.92 Å². The third kappa shape index (κ3) is 3.47. The third-order valence-electron chi connectivity index (χ3n) is 2.14. The van der Waals surface area contributed by atoms with E-state index in [0.29, 0.717) is 12.5 Å². The number of nitrogens with zero attached hydrogens (tertiary/aromatic N) is 3. The van der Waals surface area contributed by atoms with Gasteiger partial charge in [-0.15, -0.1) is 21.8 Å². The maximum Gasteiger partial charge on any atom is 0.147 e. The van der Waals surface area contributed by atoms with Crippen LogP contribution in [-0.4, -0.2) is 28.0 Å². The van der Waals surface area contributed by atoms with Crippen LogP contribution in [0.3, 0.4) is 0 Å². The lowest BCUT2D eigenvalue weighted by atomic mass is 10.4. The summed E-state index contributed by atoms with van der Waals surface area (Å²) in [7, 11) is 0. The van der Waals surface area contributed by atoms with E-state index in [1.165, 1.54) is 0 Å². The number of rotatable bonds is 7. The molecule has 4 nitrogen and oxygen atoms in total. The van der Waals surface area contributed by atoms with Gasteiger partial charge in [0.1, 0.15) is 11.6 Å². The molecule has 0 N–H and O–H groups in total. The van der Waals surface area contributed by atoms with Crippen molar-refractivity contribution in [1.82, 2.24) is 14.8 Å². The first-order chi connectivity index (χ1) is 7.33. The first-order valence-corrected chi connectivity index (χ1v) is 5.91. The highest BCUT2D eigenvalue weighted by Gasteiger charge is 2.09. The van der Waals surface area contributed by atoms with Gasteiger partial charge >= 0.3 is 0 Å². The van der Waals surface area contributed by atoms with E-state index < -0.39 is 0 Å². The monoisotopic (exact) mass is 231 g/mol. The lowest BCUT2D eigenvalue weighted by molar-refractivity contribution is 0.148. The third-order valence-corrected chi connectivity index (χ3v) is 2.38. The van der Waals surface area contributed by atoms with Gasteiger partial charge in [0.05, 0.1) is 12.5 Å². The highest BCUT2D eigenvalue weighted by atomic mass is 35.5. The molecule has 0 radical (unpaired) electrons. The van der Waals surface area contributed by atoms with Crippen LogP contribution in [0.2, 0.25) is 0 Å². The quantitative estimate of drug-likeness (QED) is 0.532. The Kier molecular flexibility index (Phi) is 5.65. The Bertz CT molecular complexity index is 288. The summed E-state index contributed by atoms with van der Waals surface area (Å²) >= 11 is 5.79. The summed E-state index contributed by atoms with van der Waals surface area (Å²) in [6.45, 7) is 6.48. The zero-order valence-electron chi connectivity index (χ0n) is 9.37. The second-order valence-electron chi connectivity index (χ2n) is 3.26. The van der Waals surface area contributed by atoms with Crippen LogP contribution in [0.1, 0.15) is 31.9 Å². The van der Waals surface area contributed by atoms with Crippen LogP contribution in [0.25, 0.3) is 0 Å². The summed E-state index contributed by atoms with van der Waals surface area (Å²) in [5.74, 6) is 2.24. The minimum absolute atomic E-state index is 0.418. The number of hydrogen-bond acceptors (Lipinski definition) is 3. The Hall–Kier alpha value is -0.610. The van der Waals surface area contributed by atoms with E-state index in [4.69, 9.17) is 16.3 Å². The second-order valence-corrected chi connectivity index (χ2v) is 3.53. The van der Waals surface area contributed by atoms with Gasteiger partial charge in [-0.2, -0.15) is 0 Å². The molecule has 0 saturated carbocycles. The molecule has 0 aliphatic heterocycles. The van der Waals surface area contributed by atoms with Gasteiger partial charge in [0.15, 0.2) is 0 Å². The molecule has 0 amide bonds. The molecule has 0 fully saturated rings. The van der Waals surface area contributed by atoms with Crippen LogP contribution < -0.4 is 0 Å². The summed E-state index contributed by atoms with van der Waals surface area (Å²) in [6.07, 6.45) is 1.86. The van der Waals surface area contributed by atoms with Gasteiger partial charge in [-0.25, -0.2) is 0 Å². The summed E-state index contributed by atoms with van der Waals surface area (Å²) in [5.41, 5.74) is 0. The summed E-state index contributed by atoms with van der Waals surface area (Å²) in [4.78, 5) is 0. The molecule has 86 valence electrons. The summed E-state index contributed by atoms with van der Waals surface area (Å²) < 4.78 is 7.39. The maximum absolute atomic E-state index is 5.79. The van der Waals surface area contributed by atoms with Gasteiger partial charge < -0.3 is 9.30 Å². The van der Waals surface area contributed by atoms with Crippen molar-refractivity contribution in [1.29, 1.82) is 0 Å². The minimum atomic E-state index is 0.418. The molecule has 0 aromatic carbocycles. The van der Waals surface area contributed by atoms with Crippen molar-refractivity contribution in [2.24, 2.45) is 0 Å². The molecule has 1 heterocycles. The molecule has 1 aromatic rings. The molecule has 0 unspecified atom stereocenters. The Balaban J connectivity index is 2.64. The molecule has 15 heavy (non-hydrogen) atoms. The van der Waals surface area contributed by atoms with E-state index in [1.807, 2.05) is 6.92 Å². The Morgan fingerprint density at radius 3 is 2.60 bits per heavy atom. The lowest BCUT2D eigenvalue weighted by Gasteiger charge is -2.07. The number of halogens is 1. The molecule has 0 saturated heterocycles. The highest BCUT2D eigenvalue weighted by Crippen LogP contribution is 2.07. The van der Waals surface area contributed by atoms with Crippen LogP contribution in [0.15, 0.2) is 0 Å². The van der Waals surface area contributed by atoms with Crippen LogP contribution in [0.4, 0.5) is 0 Å². The second kappa shape index (κ2) is 6.80. The first-order valence-electron chi connectivity index (χ1n) is 5.38. The van der Waals surface area contributed by atoms with E-state index >= 15 is 0 Å². The van der Waals surface area contributed by atoms with Crippen LogP contribution >= 0.6 is 11.6 Å². The van der Waals surface area contributed by atoms with E-state index in [-0.39, 0.29) is 0 Å². The largest absolute Gasteiger partial charge is 0.381 e. The normalized spacial score (nSPS) is 10.9. The van der Waals surface area contributed by atoms with E-state index in [0.717, 1.165) is 37.6 Å². The SMILES string of the molecule is CCCn1c(CCl)nnc1CCOCC. The molecule has 0 bridgehead atoms. The summed E-state index contributed by atoms with van der Waals surface area (Å²) in [6, 6.07) is 0. The molecule has 0 aliphatic rings. The molecule has 5 heteroatoms. The fourth-order valence-electron chi connectivity index (χ4n) is 1.45. The van der Waals surface area contributed by atoms with Crippen molar-refractivity contribution in [3.63, 3.8) is 0 Å².